The van der Waals surface area contributed by atoms with Crippen molar-refractivity contribution in [3.05, 3.63) is 0 Å². The molecule has 3 N–H and O–H groups in total. The molecule has 1 fully saturated rings. The molecule has 0 bridgehead atoms. The first-order valence-electron chi connectivity index (χ1n) is 10.1. The molecule has 1 aliphatic rings. The zero-order valence-corrected chi connectivity index (χ0v) is 15.8. The molecule has 0 amide bonds. The van der Waals surface area contributed by atoms with Crippen molar-refractivity contribution in [3.63, 3.8) is 0 Å². The monoisotopic (exact) mass is 370 g/mol. The average Bonchev–Trinajstić information content (AvgIpc) is 2.59. The number of carboxylic acids is 3. The van der Waals surface area contributed by atoms with Crippen LogP contribution < -0.4 is 0 Å². The number of carboxylic acid groups (broad SMARTS) is 3. The van der Waals surface area contributed by atoms with E-state index in [2.05, 4.69) is 0 Å². The van der Waals surface area contributed by atoms with E-state index in [-0.39, 0.29) is 12.3 Å². The largest absolute Gasteiger partial charge is 0.481 e. The molecule has 0 heterocycles. The zero-order chi connectivity index (χ0) is 19.4. The molecule has 0 aromatic rings. The van der Waals surface area contributed by atoms with Crippen molar-refractivity contribution in [1.82, 2.24) is 0 Å². The fraction of sp³-hybridized carbons (Fsp3) is 0.850. The fourth-order valence-electron chi connectivity index (χ4n) is 3.97. The van der Waals surface area contributed by atoms with Gasteiger partial charge in [0.15, 0.2) is 0 Å². The lowest BCUT2D eigenvalue weighted by Gasteiger charge is -2.35. The second kappa shape index (κ2) is 11.9. The van der Waals surface area contributed by atoms with Crippen LogP contribution in [0.15, 0.2) is 0 Å². The molecule has 0 spiro atoms. The molecule has 0 aromatic heterocycles. The maximum atomic E-state index is 11.7. The summed E-state index contributed by atoms with van der Waals surface area (Å²) >= 11 is 0. The predicted octanol–water partition coefficient (Wildman–Crippen LogP) is 4.71. The maximum absolute atomic E-state index is 11.7. The van der Waals surface area contributed by atoms with Crippen molar-refractivity contribution in [3.8, 4) is 0 Å². The Morgan fingerprint density at radius 3 is 1.62 bits per heavy atom. The minimum Gasteiger partial charge on any atom is -0.481 e. The van der Waals surface area contributed by atoms with Gasteiger partial charge < -0.3 is 15.3 Å². The van der Waals surface area contributed by atoms with Gasteiger partial charge in [-0.25, -0.2) is 0 Å². The van der Waals surface area contributed by atoms with Crippen LogP contribution in [0.25, 0.3) is 0 Å². The number of aliphatic carboxylic acids is 3. The summed E-state index contributed by atoms with van der Waals surface area (Å²) in [4.78, 5) is 33.1. The lowest BCUT2D eigenvalue weighted by molar-refractivity contribution is -0.156. The molecule has 0 unspecified atom stereocenters. The minimum absolute atomic E-state index is 0.262. The zero-order valence-electron chi connectivity index (χ0n) is 15.8. The summed E-state index contributed by atoms with van der Waals surface area (Å²) in [5, 5.41) is 27.2. The first-order valence-corrected chi connectivity index (χ1v) is 10.1. The van der Waals surface area contributed by atoms with Crippen LogP contribution in [-0.2, 0) is 14.4 Å². The Morgan fingerprint density at radius 1 is 0.731 bits per heavy atom. The van der Waals surface area contributed by atoms with Crippen LogP contribution in [-0.4, -0.2) is 33.2 Å². The van der Waals surface area contributed by atoms with E-state index >= 15 is 0 Å². The Hall–Kier alpha value is -1.59. The number of hydrogen-bond donors (Lipinski definition) is 3. The van der Waals surface area contributed by atoms with Gasteiger partial charge in [0, 0.05) is 6.42 Å². The molecule has 6 nitrogen and oxygen atoms in total. The molecule has 6 heteroatoms. The summed E-state index contributed by atoms with van der Waals surface area (Å²) in [6, 6.07) is 0. The third kappa shape index (κ3) is 8.19. The Bertz CT molecular complexity index is 451. The van der Waals surface area contributed by atoms with E-state index in [1.54, 1.807) is 0 Å². The van der Waals surface area contributed by atoms with Gasteiger partial charge in [0.05, 0.1) is 11.3 Å². The average molecular weight is 370 g/mol. The highest BCUT2D eigenvalue weighted by Crippen LogP contribution is 2.43. The second-order valence-corrected chi connectivity index (χ2v) is 7.77. The quantitative estimate of drug-likeness (QED) is 0.382. The normalized spacial score (nSPS) is 22.8. The second-order valence-electron chi connectivity index (χ2n) is 7.77. The van der Waals surface area contributed by atoms with E-state index in [4.69, 9.17) is 10.2 Å². The minimum atomic E-state index is -0.799. The van der Waals surface area contributed by atoms with Gasteiger partial charge in [0.2, 0.25) is 0 Å². The van der Waals surface area contributed by atoms with Crippen molar-refractivity contribution in [2.24, 2.45) is 11.3 Å². The highest BCUT2D eigenvalue weighted by Gasteiger charge is 2.42. The van der Waals surface area contributed by atoms with Gasteiger partial charge in [0.1, 0.15) is 0 Å². The Morgan fingerprint density at radius 2 is 1.19 bits per heavy atom. The van der Waals surface area contributed by atoms with Crippen molar-refractivity contribution in [1.29, 1.82) is 0 Å². The summed E-state index contributed by atoms with van der Waals surface area (Å²) < 4.78 is 0. The molecular formula is C20H34O6. The van der Waals surface area contributed by atoms with Crippen molar-refractivity contribution in [2.45, 2.75) is 96.3 Å². The van der Waals surface area contributed by atoms with Crippen LogP contribution in [0, 0.1) is 11.3 Å². The topological polar surface area (TPSA) is 112 Å². The lowest BCUT2D eigenvalue weighted by atomic mass is 9.68. The molecule has 1 rings (SSSR count). The summed E-state index contributed by atoms with van der Waals surface area (Å²) in [6.07, 6.45) is 12.1. The number of rotatable bonds is 14. The molecule has 0 radical (unpaired) electrons. The maximum Gasteiger partial charge on any atom is 0.309 e. The SMILES string of the molecule is O=C(O)CCCCCCCCCCCC1(C(=O)O)CCC(C(=O)O)CC1. The van der Waals surface area contributed by atoms with Crippen LogP contribution in [0.3, 0.4) is 0 Å². The molecule has 1 aliphatic carbocycles. The lowest BCUT2D eigenvalue weighted by Crippen LogP contribution is -2.37. The van der Waals surface area contributed by atoms with Gasteiger partial charge in [-0.05, 0) is 38.5 Å². The third-order valence-corrected chi connectivity index (χ3v) is 5.79. The van der Waals surface area contributed by atoms with E-state index < -0.39 is 23.3 Å². The number of carbonyl (C=O) groups is 3. The molecule has 26 heavy (non-hydrogen) atoms. The predicted molar refractivity (Wildman–Crippen MR) is 98.1 cm³/mol. The number of hydrogen-bond acceptors (Lipinski definition) is 3. The Balaban J connectivity index is 2.09. The van der Waals surface area contributed by atoms with E-state index in [9.17, 15) is 19.5 Å². The van der Waals surface area contributed by atoms with Crippen LogP contribution in [0.1, 0.15) is 96.3 Å². The molecule has 0 aliphatic heterocycles. The van der Waals surface area contributed by atoms with Gasteiger partial charge in [-0.3, -0.25) is 14.4 Å². The van der Waals surface area contributed by atoms with E-state index in [0.717, 1.165) is 57.8 Å². The Kier molecular flexibility index (Phi) is 10.3. The molecule has 0 atom stereocenters. The van der Waals surface area contributed by atoms with Gasteiger partial charge in [-0.2, -0.15) is 0 Å². The van der Waals surface area contributed by atoms with E-state index in [1.807, 2.05) is 0 Å². The molecule has 0 aromatic carbocycles. The Labute approximate surface area is 156 Å². The molecule has 1 saturated carbocycles. The summed E-state index contributed by atoms with van der Waals surface area (Å²) in [5.74, 6) is -2.66. The highest BCUT2D eigenvalue weighted by atomic mass is 16.4. The molecular weight excluding hydrogens is 336 g/mol. The van der Waals surface area contributed by atoms with Gasteiger partial charge >= 0.3 is 17.9 Å². The summed E-state index contributed by atoms with van der Waals surface area (Å²) in [7, 11) is 0. The van der Waals surface area contributed by atoms with Gasteiger partial charge in [-0.1, -0.05) is 51.4 Å². The fourth-order valence-corrected chi connectivity index (χ4v) is 3.97. The van der Waals surface area contributed by atoms with Gasteiger partial charge in [-0.15, -0.1) is 0 Å². The van der Waals surface area contributed by atoms with Crippen LogP contribution in [0.4, 0.5) is 0 Å². The van der Waals surface area contributed by atoms with Gasteiger partial charge in [0.25, 0.3) is 0 Å². The molecule has 150 valence electrons. The van der Waals surface area contributed by atoms with Crippen LogP contribution in [0.5, 0.6) is 0 Å². The summed E-state index contributed by atoms with van der Waals surface area (Å²) in [5.41, 5.74) is -0.712. The van der Waals surface area contributed by atoms with Crippen molar-refractivity contribution >= 4 is 17.9 Å². The first-order chi connectivity index (χ1) is 12.4. The summed E-state index contributed by atoms with van der Waals surface area (Å²) in [6.45, 7) is 0. The van der Waals surface area contributed by atoms with Crippen LogP contribution in [0.2, 0.25) is 0 Å². The standard InChI is InChI=1S/C20H34O6/c21-17(22)10-8-6-4-2-1-3-5-7-9-13-20(19(25)26)14-11-16(12-15-20)18(23)24/h16H,1-15H2,(H,21,22)(H,23,24)(H,25,26). The smallest absolute Gasteiger partial charge is 0.309 e. The van der Waals surface area contributed by atoms with Crippen molar-refractivity contribution < 1.29 is 29.7 Å². The van der Waals surface area contributed by atoms with Crippen LogP contribution >= 0.6 is 0 Å². The third-order valence-electron chi connectivity index (χ3n) is 5.79. The molecule has 0 saturated heterocycles. The van der Waals surface area contributed by atoms with E-state index in [1.165, 1.54) is 0 Å². The number of unbranched alkanes of at least 4 members (excludes halogenated alkanes) is 8. The highest BCUT2D eigenvalue weighted by molar-refractivity contribution is 5.76. The van der Waals surface area contributed by atoms with E-state index in [0.29, 0.717) is 32.1 Å². The van der Waals surface area contributed by atoms with Crippen molar-refractivity contribution in [2.75, 3.05) is 0 Å². The first kappa shape index (κ1) is 22.5.